The SMILES string of the molecule is CNC[C@@H]1C[C@H](F)CN1C(=O)c1oc(-c2ccccc2)nc1C. The van der Waals surface area contributed by atoms with Crippen molar-refractivity contribution in [1.82, 2.24) is 15.2 Å². The van der Waals surface area contributed by atoms with E-state index in [1.165, 1.54) is 0 Å². The number of likely N-dealkylation sites (N-methyl/N-ethyl adjacent to an activating group) is 1. The smallest absolute Gasteiger partial charge is 0.291 e. The molecule has 0 unspecified atom stereocenters. The number of oxazole rings is 1. The third-order valence-corrected chi connectivity index (χ3v) is 4.08. The summed E-state index contributed by atoms with van der Waals surface area (Å²) in [6, 6.07) is 9.25. The van der Waals surface area contributed by atoms with Gasteiger partial charge in [-0.3, -0.25) is 4.79 Å². The summed E-state index contributed by atoms with van der Waals surface area (Å²) in [5.41, 5.74) is 1.34. The number of likely N-dealkylation sites (tertiary alicyclic amines) is 1. The largest absolute Gasteiger partial charge is 0.431 e. The van der Waals surface area contributed by atoms with Crippen LogP contribution in [0.5, 0.6) is 0 Å². The second kappa shape index (κ2) is 6.50. The topological polar surface area (TPSA) is 58.4 Å². The fraction of sp³-hybridized carbons (Fsp3) is 0.412. The number of hydrogen-bond donors (Lipinski definition) is 1. The van der Waals surface area contributed by atoms with Crippen LogP contribution in [-0.4, -0.2) is 48.1 Å². The second-order valence-electron chi connectivity index (χ2n) is 5.80. The first-order chi connectivity index (χ1) is 11.1. The van der Waals surface area contributed by atoms with Gasteiger partial charge in [0.25, 0.3) is 5.91 Å². The molecule has 6 heteroatoms. The van der Waals surface area contributed by atoms with Gasteiger partial charge in [-0.15, -0.1) is 0 Å². The van der Waals surface area contributed by atoms with Gasteiger partial charge in [-0.05, 0) is 26.1 Å². The van der Waals surface area contributed by atoms with Crippen molar-refractivity contribution in [2.75, 3.05) is 20.1 Å². The molecular weight excluding hydrogens is 297 g/mol. The van der Waals surface area contributed by atoms with E-state index < -0.39 is 6.17 Å². The van der Waals surface area contributed by atoms with Crippen molar-refractivity contribution in [2.24, 2.45) is 0 Å². The maximum absolute atomic E-state index is 13.7. The van der Waals surface area contributed by atoms with Crippen LogP contribution in [0.1, 0.15) is 22.7 Å². The minimum absolute atomic E-state index is 0.103. The van der Waals surface area contributed by atoms with Crippen molar-refractivity contribution in [2.45, 2.75) is 25.6 Å². The van der Waals surface area contributed by atoms with E-state index in [1.807, 2.05) is 30.3 Å². The van der Waals surface area contributed by atoms with Crippen LogP contribution >= 0.6 is 0 Å². The molecule has 1 aliphatic heterocycles. The summed E-state index contributed by atoms with van der Waals surface area (Å²) in [4.78, 5) is 18.6. The molecule has 0 spiro atoms. The van der Waals surface area contributed by atoms with Crippen molar-refractivity contribution < 1.29 is 13.6 Å². The maximum atomic E-state index is 13.7. The van der Waals surface area contributed by atoms with Gasteiger partial charge in [-0.2, -0.15) is 0 Å². The van der Waals surface area contributed by atoms with Crippen LogP contribution in [-0.2, 0) is 0 Å². The van der Waals surface area contributed by atoms with Crippen molar-refractivity contribution >= 4 is 5.91 Å². The molecule has 1 aromatic heterocycles. The van der Waals surface area contributed by atoms with Crippen LogP contribution in [0.25, 0.3) is 11.5 Å². The van der Waals surface area contributed by atoms with E-state index in [1.54, 1.807) is 18.9 Å². The normalized spacial score (nSPS) is 20.9. The van der Waals surface area contributed by atoms with Gasteiger partial charge in [0.2, 0.25) is 11.7 Å². The first-order valence-corrected chi connectivity index (χ1v) is 7.72. The van der Waals surface area contributed by atoms with E-state index in [4.69, 9.17) is 4.42 Å². The summed E-state index contributed by atoms with van der Waals surface area (Å²) in [5.74, 6) is 0.309. The lowest BCUT2D eigenvalue weighted by atomic mass is 10.2. The molecule has 0 saturated carbocycles. The molecule has 0 radical (unpaired) electrons. The summed E-state index contributed by atoms with van der Waals surface area (Å²) in [6.45, 7) is 2.40. The van der Waals surface area contributed by atoms with Crippen molar-refractivity contribution in [3.8, 4) is 11.5 Å². The van der Waals surface area contributed by atoms with Gasteiger partial charge in [0.05, 0.1) is 12.2 Å². The van der Waals surface area contributed by atoms with Crippen LogP contribution in [0, 0.1) is 6.92 Å². The van der Waals surface area contributed by atoms with Crippen LogP contribution in [0.2, 0.25) is 0 Å². The van der Waals surface area contributed by atoms with Crippen molar-refractivity contribution in [3.05, 3.63) is 41.8 Å². The lowest BCUT2D eigenvalue weighted by molar-refractivity contribution is 0.0697. The number of benzene rings is 1. The number of carbonyl (C=O) groups is 1. The Balaban J connectivity index is 1.87. The van der Waals surface area contributed by atoms with Gasteiger partial charge in [0.15, 0.2) is 0 Å². The molecule has 1 saturated heterocycles. The molecule has 0 bridgehead atoms. The van der Waals surface area contributed by atoms with Crippen LogP contribution < -0.4 is 5.32 Å². The number of nitrogens with one attached hydrogen (secondary N) is 1. The Hall–Kier alpha value is -2.21. The molecule has 1 fully saturated rings. The average Bonchev–Trinajstić information content (AvgIpc) is 3.11. The standard InChI is InChI=1S/C17H20FN3O2/c1-11-15(23-16(20-11)12-6-4-3-5-7-12)17(22)21-10-13(18)8-14(21)9-19-2/h3-7,13-14,19H,8-10H2,1-2H3/t13-,14-/m0/s1. The fourth-order valence-electron chi connectivity index (χ4n) is 2.97. The number of rotatable bonds is 4. The molecule has 1 aromatic carbocycles. The predicted octanol–water partition coefficient (Wildman–Crippen LogP) is 2.42. The molecule has 1 N–H and O–H groups in total. The maximum Gasteiger partial charge on any atom is 0.291 e. The van der Waals surface area contributed by atoms with Crippen LogP contribution in [0.3, 0.4) is 0 Å². The molecule has 3 rings (SSSR count). The number of hydrogen-bond acceptors (Lipinski definition) is 4. The molecule has 2 heterocycles. The number of nitrogens with zero attached hydrogens (tertiary/aromatic N) is 2. The Kier molecular flexibility index (Phi) is 4.43. The molecular formula is C17H20FN3O2. The summed E-state index contributed by atoms with van der Waals surface area (Å²) >= 11 is 0. The third kappa shape index (κ3) is 3.12. The minimum Gasteiger partial charge on any atom is -0.431 e. The van der Waals surface area contributed by atoms with Crippen molar-refractivity contribution in [1.29, 1.82) is 0 Å². The van der Waals surface area contributed by atoms with Gasteiger partial charge in [-0.25, -0.2) is 9.37 Å². The average molecular weight is 317 g/mol. The van der Waals surface area contributed by atoms with Crippen LogP contribution in [0.15, 0.2) is 34.7 Å². The summed E-state index contributed by atoms with van der Waals surface area (Å²) < 4.78 is 19.4. The number of aromatic nitrogens is 1. The number of amides is 1. The zero-order chi connectivity index (χ0) is 16.4. The summed E-state index contributed by atoms with van der Waals surface area (Å²) in [6.07, 6.45) is -0.639. The molecule has 2 aromatic rings. The Morgan fingerprint density at radius 1 is 1.43 bits per heavy atom. The zero-order valence-electron chi connectivity index (χ0n) is 13.3. The van der Waals surface area contributed by atoms with Gasteiger partial charge in [-0.1, -0.05) is 18.2 Å². The number of carbonyl (C=O) groups excluding carboxylic acids is 1. The first-order valence-electron chi connectivity index (χ1n) is 7.72. The minimum atomic E-state index is -0.992. The summed E-state index contributed by atoms with van der Waals surface area (Å²) in [5, 5.41) is 3.01. The van der Waals surface area contributed by atoms with E-state index in [2.05, 4.69) is 10.3 Å². The predicted molar refractivity (Wildman–Crippen MR) is 84.9 cm³/mol. The van der Waals surface area contributed by atoms with E-state index in [0.717, 1.165) is 5.56 Å². The summed E-state index contributed by atoms with van der Waals surface area (Å²) in [7, 11) is 1.79. The number of aryl methyl sites for hydroxylation is 1. The Bertz CT molecular complexity index is 686. The lowest BCUT2D eigenvalue weighted by Crippen LogP contribution is -2.41. The highest BCUT2D eigenvalue weighted by Crippen LogP contribution is 2.26. The number of alkyl halides is 1. The molecule has 2 atom stereocenters. The second-order valence-corrected chi connectivity index (χ2v) is 5.80. The Labute approximate surface area is 134 Å². The van der Waals surface area contributed by atoms with E-state index >= 15 is 0 Å². The number of halogens is 1. The monoisotopic (exact) mass is 317 g/mol. The van der Waals surface area contributed by atoms with Gasteiger partial charge in [0.1, 0.15) is 6.17 Å². The zero-order valence-corrected chi connectivity index (χ0v) is 13.3. The van der Waals surface area contributed by atoms with Gasteiger partial charge in [0, 0.05) is 24.6 Å². The highest BCUT2D eigenvalue weighted by molar-refractivity contribution is 5.93. The quantitative estimate of drug-likeness (QED) is 0.941. The molecule has 0 aliphatic carbocycles. The lowest BCUT2D eigenvalue weighted by Gasteiger charge is -2.23. The highest BCUT2D eigenvalue weighted by atomic mass is 19.1. The van der Waals surface area contributed by atoms with Crippen molar-refractivity contribution in [3.63, 3.8) is 0 Å². The first kappa shape index (κ1) is 15.7. The van der Waals surface area contributed by atoms with Gasteiger partial charge < -0.3 is 14.6 Å². The van der Waals surface area contributed by atoms with E-state index in [-0.39, 0.29) is 24.3 Å². The third-order valence-electron chi connectivity index (χ3n) is 4.08. The molecule has 5 nitrogen and oxygen atoms in total. The van der Waals surface area contributed by atoms with E-state index in [9.17, 15) is 9.18 Å². The Morgan fingerprint density at radius 2 is 2.17 bits per heavy atom. The van der Waals surface area contributed by atoms with E-state index in [0.29, 0.717) is 24.6 Å². The highest BCUT2D eigenvalue weighted by Gasteiger charge is 2.37. The van der Waals surface area contributed by atoms with Crippen LogP contribution in [0.4, 0.5) is 4.39 Å². The molecule has 1 amide bonds. The molecule has 1 aliphatic rings. The fourth-order valence-corrected chi connectivity index (χ4v) is 2.97. The van der Waals surface area contributed by atoms with Gasteiger partial charge >= 0.3 is 0 Å². The molecule has 122 valence electrons. The Morgan fingerprint density at radius 3 is 2.87 bits per heavy atom. The molecule has 23 heavy (non-hydrogen) atoms.